The molecule has 0 unspecified atom stereocenters. The van der Waals surface area contributed by atoms with E-state index in [1.807, 2.05) is 41.4 Å². The third-order valence-electron chi connectivity index (χ3n) is 9.81. The minimum atomic E-state index is -0.0150. The van der Waals surface area contributed by atoms with E-state index in [2.05, 4.69) is 88.8 Å². The molecule has 1 amide bonds. The van der Waals surface area contributed by atoms with Gasteiger partial charge in [-0.25, -0.2) is 9.97 Å². The Morgan fingerprint density at radius 1 is 0.696 bits per heavy atom. The summed E-state index contributed by atoms with van der Waals surface area (Å²) >= 11 is 0. The number of rotatable bonds is 7. The van der Waals surface area contributed by atoms with E-state index in [-0.39, 0.29) is 11.9 Å². The number of carbonyl (C=O) groups is 1. The third kappa shape index (κ3) is 5.31. The number of aromatic nitrogens is 4. The number of hydrogen-bond acceptors (Lipinski definition) is 4. The molecule has 2 fully saturated rings. The lowest BCUT2D eigenvalue weighted by atomic mass is 9.93. The van der Waals surface area contributed by atoms with Crippen molar-refractivity contribution in [1.82, 2.24) is 29.7 Å². The first-order chi connectivity index (χ1) is 22.6. The Morgan fingerprint density at radius 3 is 2.07 bits per heavy atom. The quantitative estimate of drug-likeness (QED) is 0.193. The van der Waals surface area contributed by atoms with Gasteiger partial charge in [-0.2, -0.15) is 0 Å². The summed E-state index contributed by atoms with van der Waals surface area (Å²) in [5.41, 5.74) is 7.48. The van der Waals surface area contributed by atoms with Crippen molar-refractivity contribution in [2.45, 2.75) is 44.2 Å². The topological polar surface area (TPSA) is 80.9 Å². The summed E-state index contributed by atoms with van der Waals surface area (Å²) in [4.78, 5) is 34.4. The number of fused-ring (bicyclic) bond motifs is 1. The van der Waals surface area contributed by atoms with Gasteiger partial charge in [0.15, 0.2) is 0 Å². The molecule has 0 saturated carbocycles. The molecular formula is C39H38N6O. The van der Waals surface area contributed by atoms with Crippen LogP contribution in [0.2, 0.25) is 0 Å². The molecular weight excluding hydrogens is 568 g/mol. The average molecular weight is 607 g/mol. The maximum absolute atomic E-state index is 13.2. The normalized spacial score (nSPS) is 18.5. The lowest BCUT2D eigenvalue weighted by molar-refractivity contribution is -0.131. The van der Waals surface area contributed by atoms with E-state index in [9.17, 15) is 4.79 Å². The summed E-state index contributed by atoms with van der Waals surface area (Å²) < 4.78 is 0. The standard InChI is InChI=1S/C39H38N6O/c1-44-21-7-13-35(44)38-41-25-34(43-38)32-20-19-29(30-11-5-6-12-31(30)32)27-15-17-28(18-16-27)33-24-40-39(42-33)36-14-8-22-45(36)37(46)23-26-9-3-2-4-10-26/h2-6,9-12,15-20,24-25,35-36H,7-8,13-14,21-23H2,1H3,(H,40,42)(H,41,43)/t35-,36-/m0/s1. The van der Waals surface area contributed by atoms with Crippen LogP contribution >= 0.6 is 0 Å². The maximum Gasteiger partial charge on any atom is 0.227 e. The van der Waals surface area contributed by atoms with Crippen molar-refractivity contribution in [3.8, 4) is 33.6 Å². The Morgan fingerprint density at radius 2 is 1.30 bits per heavy atom. The first-order valence-corrected chi connectivity index (χ1v) is 16.4. The Kier molecular flexibility index (Phi) is 7.46. The van der Waals surface area contributed by atoms with Crippen LogP contribution < -0.4 is 0 Å². The molecule has 2 aliphatic rings. The van der Waals surface area contributed by atoms with Gasteiger partial charge in [-0.15, -0.1) is 0 Å². The Bertz CT molecular complexity index is 1990. The Balaban J connectivity index is 1.03. The van der Waals surface area contributed by atoms with Crippen LogP contribution in [0.25, 0.3) is 44.4 Å². The molecule has 0 radical (unpaired) electrons. The first kappa shape index (κ1) is 28.5. The summed E-state index contributed by atoms with van der Waals surface area (Å²) in [5.74, 6) is 2.07. The SMILES string of the molecule is CN1CCC[C@H]1c1nc(-c2ccc(-c3ccc(-c4c[nH]c([C@@H]5CCCN5C(=O)Cc5ccccc5)n4)cc3)c3ccccc23)c[nH]1. The van der Waals surface area contributed by atoms with E-state index in [1.54, 1.807) is 0 Å². The molecule has 2 atom stereocenters. The molecule has 46 heavy (non-hydrogen) atoms. The van der Waals surface area contributed by atoms with Gasteiger partial charge in [0, 0.05) is 30.1 Å². The fourth-order valence-electron chi connectivity index (χ4n) is 7.37. The van der Waals surface area contributed by atoms with E-state index in [1.165, 1.54) is 22.8 Å². The fourth-order valence-corrected chi connectivity index (χ4v) is 7.37. The van der Waals surface area contributed by atoms with Crippen molar-refractivity contribution in [3.05, 3.63) is 121 Å². The molecule has 230 valence electrons. The summed E-state index contributed by atoms with van der Waals surface area (Å²) in [6, 6.07) is 32.0. The summed E-state index contributed by atoms with van der Waals surface area (Å²) in [6.45, 7) is 1.89. The van der Waals surface area contributed by atoms with Gasteiger partial charge in [0.2, 0.25) is 5.91 Å². The molecule has 2 saturated heterocycles. The molecule has 7 nitrogen and oxygen atoms in total. The highest BCUT2D eigenvalue weighted by atomic mass is 16.2. The van der Waals surface area contributed by atoms with Crippen molar-refractivity contribution < 1.29 is 4.79 Å². The molecule has 2 N–H and O–H groups in total. The van der Waals surface area contributed by atoms with Crippen molar-refractivity contribution in [2.24, 2.45) is 0 Å². The number of imidazole rings is 2. The van der Waals surface area contributed by atoms with Crippen LogP contribution in [0.5, 0.6) is 0 Å². The molecule has 8 rings (SSSR count). The van der Waals surface area contributed by atoms with Crippen molar-refractivity contribution >= 4 is 16.7 Å². The highest BCUT2D eigenvalue weighted by Gasteiger charge is 2.32. The van der Waals surface area contributed by atoms with Crippen LogP contribution in [-0.2, 0) is 11.2 Å². The molecule has 2 aliphatic heterocycles. The zero-order valence-corrected chi connectivity index (χ0v) is 26.1. The monoisotopic (exact) mass is 606 g/mol. The van der Waals surface area contributed by atoms with E-state index in [4.69, 9.17) is 9.97 Å². The molecule has 6 aromatic rings. The van der Waals surface area contributed by atoms with Crippen LogP contribution in [0.15, 0.2) is 103 Å². The first-order valence-electron chi connectivity index (χ1n) is 16.4. The van der Waals surface area contributed by atoms with Gasteiger partial charge in [0.1, 0.15) is 11.6 Å². The molecule has 4 heterocycles. The molecule has 7 heteroatoms. The zero-order valence-electron chi connectivity index (χ0n) is 26.1. The Labute approximate surface area is 269 Å². The van der Waals surface area contributed by atoms with Crippen molar-refractivity contribution in [3.63, 3.8) is 0 Å². The lowest BCUT2D eigenvalue weighted by Crippen LogP contribution is -2.32. The van der Waals surface area contributed by atoms with Gasteiger partial charge < -0.3 is 14.9 Å². The van der Waals surface area contributed by atoms with Gasteiger partial charge >= 0.3 is 0 Å². The van der Waals surface area contributed by atoms with Crippen molar-refractivity contribution in [1.29, 1.82) is 0 Å². The van der Waals surface area contributed by atoms with Crippen LogP contribution in [-0.4, -0.2) is 55.8 Å². The van der Waals surface area contributed by atoms with Crippen LogP contribution in [0, 0.1) is 0 Å². The van der Waals surface area contributed by atoms with E-state index < -0.39 is 0 Å². The minimum absolute atomic E-state index is 0.0150. The summed E-state index contributed by atoms with van der Waals surface area (Å²) in [6.07, 6.45) is 8.71. The fraction of sp³-hybridized carbons (Fsp3) is 0.256. The highest BCUT2D eigenvalue weighted by molar-refractivity contribution is 6.04. The summed E-state index contributed by atoms with van der Waals surface area (Å²) in [5, 5.41) is 2.40. The van der Waals surface area contributed by atoms with Gasteiger partial charge in [0.05, 0.1) is 29.9 Å². The second-order valence-corrected chi connectivity index (χ2v) is 12.7. The lowest BCUT2D eigenvalue weighted by Gasteiger charge is -2.23. The number of nitrogens with zero attached hydrogens (tertiary/aromatic N) is 4. The predicted octanol–water partition coefficient (Wildman–Crippen LogP) is 7.96. The van der Waals surface area contributed by atoms with Gasteiger partial charge in [-0.3, -0.25) is 9.69 Å². The van der Waals surface area contributed by atoms with Crippen LogP contribution in [0.1, 0.15) is 55.0 Å². The number of likely N-dealkylation sites (tertiary alicyclic amines) is 2. The highest BCUT2D eigenvalue weighted by Crippen LogP contribution is 2.37. The number of carbonyl (C=O) groups excluding carboxylic acids is 1. The van der Waals surface area contributed by atoms with Crippen LogP contribution in [0.4, 0.5) is 0 Å². The number of aromatic amines is 2. The number of amides is 1. The molecule has 2 aromatic heterocycles. The average Bonchev–Trinajstić information content (AvgIpc) is 3.92. The van der Waals surface area contributed by atoms with E-state index >= 15 is 0 Å². The van der Waals surface area contributed by atoms with Gasteiger partial charge in [-0.1, -0.05) is 91.0 Å². The molecule has 0 aliphatic carbocycles. The van der Waals surface area contributed by atoms with E-state index in [0.29, 0.717) is 12.5 Å². The molecule has 4 aromatic carbocycles. The second-order valence-electron chi connectivity index (χ2n) is 12.7. The zero-order chi connectivity index (χ0) is 31.0. The third-order valence-corrected chi connectivity index (χ3v) is 9.81. The smallest absolute Gasteiger partial charge is 0.227 e. The maximum atomic E-state index is 13.2. The molecule has 0 spiro atoms. The predicted molar refractivity (Wildman–Crippen MR) is 183 cm³/mol. The number of nitrogens with one attached hydrogen (secondary N) is 2. The Hall–Kier alpha value is -5.01. The number of H-pyrrole nitrogens is 2. The van der Waals surface area contributed by atoms with Gasteiger partial charge in [-0.05, 0) is 66.7 Å². The van der Waals surface area contributed by atoms with Crippen molar-refractivity contribution in [2.75, 3.05) is 20.1 Å². The van der Waals surface area contributed by atoms with E-state index in [0.717, 1.165) is 77.6 Å². The second kappa shape index (κ2) is 12.1. The van der Waals surface area contributed by atoms with Gasteiger partial charge in [0.25, 0.3) is 0 Å². The summed E-state index contributed by atoms with van der Waals surface area (Å²) in [7, 11) is 2.18. The number of benzene rings is 4. The molecule has 0 bridgehead atoms. The minimum Gasteiger partial charge on any atom is -0.347 e. The largest absolute Gasteiger partial charge is 0.347 e. The van der Waals surface area contributed by atoms with Crippen LogP contribution in [0.3, 0.4) is 0 Å². The number of hydrogen-bond donors (Lipinski definition) is 2.